The summed E-state index contributed by atoms with van der Waals surface area (Å²) < 4.78 is 0. The van der Waals surface area contributed by atoms with Crippen LogP contribution in [-0.4, -0.2) is 50.2 Å². The number of anilines is 3. The van der Waals surface area contributed by atoms with Crippen LogP contribution in [0.25, 0.3) is 33.2 Å². The van der Waals surface area contributed by atoms with Gasteiger partial charge in [-0.1, -0.05) is 35.9 Å². The maximum atomic E-state index is 10.0. The van der Waals surface area contributed by atoms with Crippen LogP contribution in [0.4, 0.5) is 17.1 Å². The Morgan fingerprint density at radius 2 is 1.51 bits per heavy atom. The molecule has 4 N–H and O–H groups in total. The average Bonchev–Trinajstić information content (AvgIpc) is 3.80. The van der Waals surface area contributed by atoms with Gasteiger partial charge in [-0.05, 0) is 121 Å². The number of hydrogen-bond donors (Lipinski definition) is 4. The number of pyridine rings is 1. The number of likely N-dealkylation sites (N-methyl/N-ethyl adjacent to an activating group) is 1. The zero-order valence-corrected chi connectivity index (χ0v) is 32.2. The van der Waals surface area contributed by atoms with E-state index in [1.807, 2.05) is 19.1 Å². The number of halogens is 1. The molecular weight excluding hydrogens is 690 g/mol. The standard InChI is InChI=1S/C41H44ClN7S2/c1-26-7-6-8-38(28(26)3)46-12-11-44-22-34-16-31(24-50-34)29-9-10-36-39(19-29)47-21-33(20-43)41(36)48-40-27(2)15-30(18-37(40)42)32-17-35(51-25-32)23-45-13-14-49(4)5/h6-10,15-19,21,24-25,44-46H,11-14,22-23H2,1-5H3,(H,47,48). The first-order valence-electron chi connectivity index (χ1n) is 17.1. The molecule has 0 radical (unpaired) electrons. The fourth-order valence-corrected chi connectivity index (χ4v) is 8.03. The third kappa shape index (κ3) is 8.97. The van der Waals surface area contributed by atoms with Crippen molar-refractivity contribution in [2.75, 3.05) is 50.9 Å². The van der Waals surface area contributed by atoms with Crippen molar-refractivity contribution in [3.8, 4) is 28.3 Å². The van der Waals surface area contributed by atoms with Crippen molar-refractivity contribution < 1.29 is 0 Å². The second-order valence-electron chi connectivity index (χ2n) is 13.1. The van der Waals surface area contributed by atoms with Crippen molar-refractivity contribution in [1.29, 1.82) is 5.26 Å². The molecule has 0 bridgehead atoms. The van der Waals surface area contributed by atoms with Gasteiger partial charge in [0.2, 0.25) is 0 Å². The van der Waals surface area contributed by atoms with Crippen molar-refractivity contribution in [3.63, 3.8) is 0 Å². The number of aryl methyl sites for hydroxylation is 2. The number of nitrogens with one attached hydrogen (secondary N) is 4. The predicted molar refractivity (Wildman–Crippen MR) is 219 cm³/mol. The summed E-state index contributed by atoms with van der Waals surface area (Å²) in [7, 11) is 4.16. The van der Waals surface area contributed by atoms with Crippen LogP contribution in [0.3, 0.4) is 0 Å². The molecule has 6 aromatic rings. The quantitative estimate of drug-likeness (QED) is 0.0782. The Hall–Kier alpha value is -4.27. The molecular formula is C41H44ClN7S2. The van der Waals surface area contributed by atoms with E-state index in [1.165, 1.54) is 26.6 Å². The first kappa shape index (κ1) is 36.5. The highest BCUT2D eigenvalue weighted by Crippen LogP contribution is 2.39. The molecule has 0 saturated heterocycles. The van der Waals surface area contributed by atoms with Gasteiger partial charge in [0.1, 0.15) is 6.07 Å². The van der Waals surface area contributed by atoms with Crippen LogP contribution in [0, 0.1) is 32.1 Å². The Labute approximate surface area is 314 Å². The number of nitriles is 1. The highest BCUT2D eigenvalue weighted by Gasteiger charge is 2.16. The summed E-state index contributed by atoms with van der Waals surface area (Å²) in [5.74, 6) is 0. The molecule has 0 saturated carbocycles. The van der Waals surface area contributed by atoms with Gasteiger partial charge in [0, 0.05) is 66.3 Å². The van der Waals surface area contributed by atoms with E-state index in [-0.39, 0.29) is 0 Å². The second-order valence-corrected chi connectivity index (χ2v) is 15.5. The van der Waals surface area contributed by atoms with E-state index in [4.69, 9.17) is 11.6 Å². The molecule has 0 fully saturated rings. The maximum Gasteiger partial charge on any atom is 0.103 e. The monoisotopic (exact) mass is 733 g/mol. The molecule has 51 heavy (non-hydrogen) atoms. The molecule has 0 aliphatic carbocycles. The van der Waals surface area contributed by atoms with Gasteiger partial charge in [-0.3, -0.25) is 4.98 Å². The van der Waals surface area contributed by atoms with Gasteiger partial charge >= 0.3 is 0 Å². The van der Waals surface area contributed by atoms with Gasteiger partial charge in [0.15, 0.2) is 0 Å². The lowest BCUT2D eigenvalue weighted by atomic mass is 10.0. The summed E-state index contributed by atoms with van der Waals surface area (Å²) in [5.41, 5.74) is 12.0. The molecule has 0 aliphatic rings. The lowest BCUT2D eigenvalue weighted by molar-refractivity contribution is 0.400. The number of fused-ring (bicyclic) bond motifs is 1. The molecule has 6 rings (SSSR count). The Morgan fingerprint density at radius 1 is 0.784 bits per heavy atom. The Balaban J connectivity index is 1.13. The number of rotatable bonds is 15. The fraction of sp³-hybridized carbons (Fsp3) is 0.268. The van der Waals surface area contributed by atoms with Crippen LogP contribution in [-0.2, 0) is 13.1 Å². The number of thiophene rings is 2. The van der Waals surface area contributed by atoms with Crippen LogP contribution < -0.4 is 21.3 Å². The van der Waals surface area contributed by atoms with Crippen molar-refractivity contribution in [2.24, 2.45) is 0 Å². The molecule has 0 spiro atoms. The van der Waals surface area contributed by atoms with Gasteiger partial charge < -0.3 is 26.2 Å². The van der Waals surface area contributed by atoms with E-state index in [1.54, 1.807) is 28.9 Å². The number of nitrogens with zero attached hydrogens (tertiary/aromatic N) is 3. The van der Waals surface area contributed by atoms with Gasteiger partial charge in [0.25, 0.3) is 0 Å². The smallest absolute Gasteiger partial charge is 0.103 e. The normalized spacial score (nSPS) is 11.3. The zero-order chi connectivity index (χ0) is 35.9. The Morgan fingerprint density at radius 3 is 2.22 bits per heavy atom. The summed E-state index contributed by atoms with van der Waals surface area (Å²) in [6.45, 7) is 11.7. The lowest BCUT2D eigenvalue weighted by Gasteiger charge is -2.16. The van der Waals surface area contributed by atoms with Crippen LogP contribution in [0.15, 0.2) is 77.6 Å². The minimum absolute atomic E-state index is 0.468. The van der Waals surface area contributed by atoms with E-state index in [2.05, 4.69) is 124 Å². The Bertz CT molecular complexity index is 2160. The molecule has 262 valence electrons. The molecule has 3 aromatic heterocycles. The topological polar surface area (TPSA) is 88.0 Å². The van der Waals surface area contributed by atoms with E-state index in [0.29, 0.717) is 16.3 Å². The Kier molecular flexibility index (Phi) is 12.1. The van der Waals surface area contributed by atoms with Gasteiger partial charge in [-0.2, -0.15) is 5.26 Å². The van der Waals surface area contributed by atoms with Gasteiger partial charge in [-0.25, -0.2) is 0 Å². The first-order chi connectivity index (χ1) is 24.7. The first-order valence-corrected chi connectivity index (χ1v) is 19.3. The van der Waals surface area contributed by atoms with Crippen molar-refractivity contribution in [1.82, 2.24) is 20.5 Å². The van der Waals surface area contributed by atoms with Crippen molar-refractivity contribution in [3.05, 3.63) is 115 Å². The summed E-state index contributed by atoms with van der Waals surface area (Å²) in [6, 6.07) is 23.6. The predicted octanol–water partition coefficient (Wildman–Crippen LogP) is 9.74. The molecule has 0 atom stereocenters. The molecule has 0 unspecified atom stereocenters. The van der Waals surface area contributed by atoms with Gasteiger partial charge in [-0.15, -0.1) is 22.7 Å². The largest absolute Gasteiger partial charge is 0.384 e. The SMILES string of the molecule is Cc1cccc(NCCNCc2cc(-c3ccc4c(Nc5c(C)cc(-c6csc(CNCCN(C)C)c6)cc5Cl)c(C#N)cnc4c3)cs2)c1C. The molecule has 0 aliphatic heterocycles. The number of aromatic nitrogens is 1. The third-order valence-electron chi connectivity index (χ3n) is 9.06. The molecule has 3 heterocycles. The summed E-state index contributed by atoms with van der Waals surface area (Å²) in [4.78, 5) is 9.41. The summed E-state index contributed by atoms with van der Waals surface area (Å²) in [5, 5.41) is 30.0. The second kappa shape index (κ2) is 16.8. The minimum Gasteiger partial charge on any atom is -0.384 e. The highest BCUT2D eigenvalue weighted by atomic mass is 35.5. The third-order valence-corrected chi connectivity index (χ3v) is 11.2. The zero-order valence-electron chi connectivity index (χ0n) is 29.8. The van der Waals surface area contributed by atoms with Crippen molar-refractivity contribution >= 4 is 62.2 Å². The van der Waals surface area contributed by atoms with Crippen LogP contribution in [0.2, 0.25) is 5.02 Å². The molecule has 7 nitrogen and oxygen atoms in total. The summed E-state index contributed by atoms with van der Waals surface area (Å²) >= 11 is 10.4. The van der Waals surface area contributed by atoms with Crippen LogP contribution in [0.5, 0.6) is 0 Å². The fourth-order valence-electron chi connectivity index (χ4n) is 5.99. The lowest BCUT2D eigenvalue weighted by Crippen LogP contribution is -2.25. The van der Waals surface area contributed by atoms with E-state index in [9.17, 15) is 5.26 Å². The van der Waals surface area contributed by atoms with Gasteiger partial charge in [0.05, 0.1) is 27.5 Å². The maximum absolute atomic E-state index is 10.0. The summed E-state index contributed by atoms with van der Waals surface area (Å²) in [6.07, 6.45) is 1.64. The van der Waals surface area contributed by atoms with Crippen LogP contribution >= 0.6 is 34.3 Å². The minimum atomic E-state index is 0.468. The number of hydrogen-bond acceptors (Lipinski definition) is 9. The molecule has 10 heteroatoms. The number of benzene rings is 3. The van der Waals surface area contributed by atoms with E-state index in [0.717, 1.165) is 83.7 Å². The molecule has 0 amide bonds. The molecule has 3 aromatic carbocycles. The average molecular weight is 734 g/mol. The van der Waals surface area contributed by atoms with Crippen LogP contribution in [0.1, 0.15) is 32.0 Å². The van der Waals surface area contributed by atoms with Crippen molar-refractivity contribution in [2.45, 2.75) is 33.9 Å². The van der Waals surface area contributed by atoms with E-state index >= 15 is 0 Å². The van der Waals surface area contributed by atoms with E-state index < -0.39 is 0 Å². The highest BCUT2D eigenvalue weighted by molar-refractivity contribution is 7.10.